The fraction of sp³-hybridized carbons (Fsp3) is 0.188. The summed E-state index contributed by atoms with van der Waals surface area (Å²) in [6, 6.07) is 16.0. The number of benzene rings is 2. The lowest BCUT2D eigenvalue weighted by Crippen LogP contribution is -2.20. The molecule has 2 N–H and O–H groups in total. The maximum Gasteiger partial charge on any atom is 0.0991 e. The Hall–Kier alpha value is -2.47. The molecular formula is C16H15N3. The highest BCUT2D eigenvalue weighted by atomic mass is 15.2. The number of para-hydroxylation sites is 1. The van der Waals surface area contributed by atoms with Crippen molar-refractivity contribution in [3.05, 3.63) is 59.2 Å². The molecule has 94 valence electrons. The van der Waals surface area contributed by atoms with Crippen LogP contribution in [0.25, 0.3) is 0 Å². The van der Waals surface area contributed by atoms with Crippen LogP contribution in [0, 0.1) is 11.3 Å². The van der Waals surface area contributed by atoms with E-state index in [0.29, 0.717) is 5.56 Å². The van der Waals surface area contributed by atoms with Crippen LogP contribution >= 0.6 is 0 Å². The fourth-order valence-electron chi connectivity index (χ4n) is 2.68. The average Bonchev–Trinajstić information content (AvgIpc) is 2.84. The van der Waals surface area contributed by atoms with E-state index in [9.17, 15) is 0 Å². The van der Waals surface area contributed by atoms with E-state index >= 15 is 0 Å². The van der Waals surface area contributed by atoms with Gasteiger partial charge in [-0.05, 0) is 35.7 Å². The third-order valence-corrected chi connectivity index (χ3v) is 3.55. The van der Waals surface area contributed by atoms with Crippen molar-refractivity contribution in [3.63, 3.8) is 0 Å². The van der Waals surface area contributed by atoms with Gasteiger partial charge in [-0.15, -0.1) is 0 Å². The van der Waals surface area contributed by atoms with E-state index in [4.69, 9.17) is 11.0 Å². The molecule has 2 aromatic carbocycles. The van der Waals surface area contributed by atoms with Crippen LogP contribution in [-0.2, 0) is 13.0 Å². The first-order valence-electron chi connectivity index (χ1n) is 6.39. The first-order valence-corrected chi connectivity index (χ1v) is 6.39. The van der Waals surface area contributed by atoms with E-state index in [0.717, 1.165) is 36.4 Å². The second-order valence-corrected chi connectivity index (χ2v) is 4.84. The second-order valence-electron chi connectivity index (χ2n) is 4.84. The van der Waals surface area contributed by atoms with E-state index in [1.807, 2.05) is 30.3 Å². The molecule has 0 saturated carbocycles. The summed E-state index contributed by atoms with van der Waals surface area (Å²) in [6.45, 7) is 1.79. The largest absolute Gasteiger partial charge is 0.397 e. The predicted molar refractivity (Wildman–Crippen MR) is 76.8 cm³/mol. The molecule has 0 unspecified atom stereocenters. The van der Waals surface area contributed by atoms with Gasteiger partial charge in [-0.25, -0.2) is 0 Å². The summed E-state index contributed by atoms with van der Waals surface area (Å²) in [5.41, 5.74) is 11.2. The number of hydrogen-bond acceptors (Lipinski definition) is 3. The minimum atomic E-state index is 0.706. The minimum Gasteiger partial charge on any atom is -0.397 e. The van der Waals surface area contributed by atoms with Gasteiger partial charge in [-0.2, -0.15) is 5.26 Å². The third-order valence-electron chi connectivity index (χ3n) is 3.55. The van der Waals surface area contributed by atoms with Crippen molar-refractivity contribution in [2.45, 2.75) is 13.0 Å². The first kappa shape index (κ1) is 11.6. The molecule has 0 spiro atoms. The highest BCUT2D eigenvalue weighted by Gasteiger charge is 2.21. The zero-order valence-electron chi connectivity index (χ0n) is 10.6. The van der Waals surface area contributed by atoms with E-state index in [1.165, 1.54) is 5.56 Å². The van der Waals surface area contributed by atoms with Gasteiger partial charge in [-0.1, -0.05) is 24.3 Å². The number of nitrogen functional groups attached to an aromatic ring is 1. The quantitative estimate of drug-likeness (QED) is 0.832. The molecule has 0 atom stereocenters. The van der Waals surface area contributed by atoms with Gasteiger partial charge in [0.15, 0.2) is 0 Å². The molecule has 0 amide bonds. The van der Waals surface area contributed by atoms with Crippen LogP contribution in [0.5, 0.6) is 0 Å². The standard InChI is InChI=1S/C16H15N3/c17-10-12-3-1-4-13(9-12)11-19-8-7-14-5-2-6-15(18)16(14)19/h1-6,9H,7-8,11,18H2. The van der Waals surface area contributed by atoms with Crippen LogP contribution in [0.15, 0.2) is 42.5 Å². The molecule has 1 aliphatic heterocycles. The van der Waals surface area contributed by atoms with Crippen LogP contribution in [0.2, 0.25) is 0 Å². The lowest BCUT2D eigenvalue weighted by atomic mass is 10.1. The zero-order valence-corrected chi connectivity index (χ0v) is 10.6. The Kier molecular flexibility index (Phi) is 2.85. The van der Waals surface area contributed by atoms with E-state index in [1.54, 1.807) is 0 Å². The summed E-state index contributed by atoms with van der Waals surface area (Å²) in [6.07, 6.45) is 1.04. The van der Waals surface area contributed by atoms with E-state index in [-0.39, 0.29) is 0 Å². The summed E-state index contributed by atoms with van der Waals surface area (Å²) < 4.78 is 0. The molecule has 19 heavy (non-hydrogen) atoms. The first-order chi connectivity index (χ1) is 9.28. The molecule has 0 aromatic heterocycles. The summed E-state index contributed by atoms with van der Waals surface area (Å²) in [5.74, 6) is 0. The molecule has 3 rings (SSSR count). The molecule has 0 fully saturated rings. The van der Waals surface area contributed by atoms with Gasteiger partial charge < -0.3 is 10.6 Å². The maximum atomic E-state index is 8.94. The Morgan fingerprint density at radius 1 is 1.21 bits per heavy atom. The number of nitrogens with two attached hydrogens (primary N) is 1. The predicted octanol–water partition coefficient (Wildman–Crippen LogP) is 2.70. The van der Waals surface area contributed by atoms with Crippen molar-refractivity contribution in [1.82, 2.24) is 0 Å². The van der Waals surface area contributed by atoms with Crippen LogP contribution in [0.1, 0.15) is 16.7 Å². The third kappa shape index (κ3) is 2.13. The Bertz CT molecular complexity index is 655. The van der Waals surface area contributed by atoms with E-state index in [2.05, 4.69) is 23.1 Å². The number of fused-ring (bicyclic) bond motifs is 1. The lowest BCUT2D eigenvalue weighted by Gasteiger charge is -2.21. The molecule has 0 aliphatic carbocycles. The summed E-state index contributed by atoms with van der Waals surface area (Å²) in [5, 5.41) is 8.94. The molecule has 1 heterocycles. The van der Waals surface area contributed by atoms with Crippen molar-refractivity contribution in [1.29, 1.82) is 5.26 Å². The number of rotatable bonds is 2. The highest BCUT2D eigenvalue weighted by molar-refractivity contribution is 5.74. The van der Waals surface area contributed by atoms with Crippen molar-refractivity contribution in [2.75, 3.05) is 17.2 Å². The van der Waals surface area contributed by atoms with Crippen LogP contribution in [0.3, 0.4) is 0 Å². The summed E-state index contributed by atoms with van der Waals surface area (Å²) in [4.78, 5) is 2.29. The van der Waals surface area contributed by atoms with Gasteiger partial charge in [0.05, 0.1) is 23.0 Å². The van der Waals surface area contributed by atoms with Gasteiger partial charge in [0.1, 0.15) is 0 Å². The summed E-state index contributed by atoms with van der Waals surface area (Å²) >= 11 is 0. The minimum absolute atomic E-state index is 0.706. The molecular weight excluding hydrogens is 234 g/mol. The molecule has 3 nitrogen and oxygen atoms in total. The zero-order chi connectivity index (χ0) is 13.2. The normalized spacial score (nSPS) is 13.1. The molecule has 0 radical (unpaired) electrons. The molecule has 1 aliphatic rings. The van der Waals surface area contributed by atoms with Crippen molar-refractivity contribution < 1.29 is 0 Å². The Morgan fingerprint density at radius 2 is 2.05 bits per heavy atom. The van der Waals surface area contributed by atoms with Gasteiger partial charge >= 0.3 is 0 Å². The van der Waals surface area contributed by atoms with Gasteiger partial charge in [0.25, 0.3) is 0 Å². The lowest BCUT2D eigenvalue weighted by molar-refractivity contribution is 0.836. The molecule has 0 saturated heterocycles. The smallest absolute Gasteiger partial charge is 0.0991 e. The van der Waals surface area contributed by atoms with Crippen molar-refractivity contribution >= 4 is 11.4 Å². The van der Waals surface area contributed by atoms with Crippen LogP contribution < -0.4 is 10.6 Å². The average molecular weight is 249 g/mol. The van der Waals surface area contributed by atoms with Gasteiger partial charge in [-0.3, -0.25) is 0 Å². The molecule has 0 bridgehead atoms. The van der Waals surface area contributed by atoms with Gasteiger partial charge in [0, 0.05) is 13.1 Å². The topological polar surface area (TPSA) is 53.0 Å². The van der Waals surface area contributed by atoms with Crippen molar-refractivity contribution in [3.8, 4) is 6.07 Å². The molecule has 2 aromatic rings. The van der Waals surface area contributed by atoms with Gasteiger partial charge in [0.2, 0.25) is 0 Å². The fourth-order valence-corrected chi connectivity index (χ4v) is 2.68. The number of nitriles is 1. The Balaban J connectivity index is 1.89. The Labute approximate surface area is 112 Å². The monoisotopic (exact) mass is 249 g/mol. The molecule has 3 heteroatoms. The van der Waals surface area contributed by atoms with Crippen LogP contribution in [-0.4, -0.2) is 6.54 Å². The second kappa shape index (κ2) is 4.66. The highest BCUT2D eigenvalue weighted by Crippen LogP contribution is 2.34. The SMILES string of the molecule is N#Cc1cccc(CN2CCc3cccc(N)c32)c1. The summed E-state index contributed by atoms with van der Waals surface area (Å²) in [7, 11) is 0. The maximum absolute atomic E-state index is 8.94. The Morgan fingerprint density at radius 3 is 2.89 bits per heavy atom. The number of hydrogen-bond donors (Lipinski definition) is 1. The number of anilines is 2. The number of nitrogens with zero attached hydrogens (tertiary/aromatic N) is 2. The van der Waals surface area contributed by atoms with Crippen molar-refractivity contribution in [2.24, 2.45) is 0 Å². The van der Waals surface area contributed by atoms with Crippen LogP contribution in [0.4, 0.5) is 11.4 Å². The van der Waals surface area contributed by atoms with E-state index < -0.39 is 0 Å².